The third kappa shape index (κ3) is 4.15. The van der Waals surface area contributed by atoms with Crippen LogP contribution >= 0.6 is 0 Å². The predicted octanol–water partition coefficient (Wildman–Crippen LogP) is 4.22. The largest absolute Gasteiger partial charge is 0.495 e. The number of pyridine rings is 1. The first-order valence-corrected chi connectivity index (χ1v) is 9.54. The molecule has 2 heterocycles. The van der Waals surface area contributed by atoms with Crippen LogP contribution in [0.1, 0.15) is 5.69 Å². The van der Waals surface area contributed by atoms with Gasteiger partial charge in [-0.05, 0) is 47.5 Å². The van der Waals surface area contributed by atoms with Gasteiger partial charge in [0, 0.05) is 38.9 Å². The van der Waals surface area contributed by atoms with E-state index in [9.17, 15) is 4.39 Å². The third-order valence-electron chi connectivity index (χ3n) is 5.18. The molecule has 0 unspecified atom stereocenters. The number of rotatable bonds is 5. The second kappa shape index (κ2) is 8.40. The van der Waals surface area contributed by atoms with Crippen LogP contribution in [0.15, 0.2) is 66.9 Å². The van der Waals surface area contributed by atoms with Gasteiger partial charge in [0.2, 0.25) is 0 Å². The van der Waals surface area contributed by atoms with Crippen LogP contribution in [-0.2, 0) is 6.54 Å². The molecular formula is C23H24FN3O. The summed E-state index contributed by atoms with van der Waals surface area (Å²) in [6.07, 6.45) is 1.83. The van der Waals surface area contributed by atoms with Crippen molar-refractivity contribution in [2.45, 2.75) is 6.54 Å². The third-order valence-corrected chi connectivity index (χ3v) is 5.18. The number of hydrogen-bond donors (Lipinski definition) is 0. The first-order chi connectivity index (χ1) is 13.7. The van der Waals surface area contributed by atoms with Crippen LogP contribution in [0.25, 0.3) is 11.1 Å². The van der Waals surface area contributed by atoms with E-state index >= 15 is 0 Å². The van der Waals surface area contributed by atoms with Gasteiger partial charge in [-0.2, -0.15) is 0 Å². The van der Waals surface area contributed by atoms with Crippen molar-refractivity contribution in [3.63, 3.8) is 0 Å². The second-order valence-corrected chi connectivity index (χ2v) is 6.98. The number of ether oxygens (including phenoxy) is 1. The fourth-order valence-electron chi connectivity index (χ4n) is 3.65. The molecule has 0 bridgehead atoms. The van der Waals surface area contributed by atoms with Crippen LogP contribution in [0.4, 0.5) is 10.1 Å². The van der Waals surface area contributed by atoms with E-state index < -0.39 is 0 Å². The van der Waals surface area contributed by atoms with Gasteiger partial charge in [0.1, 0.15) is 11.6 Å². The normalized spacial score (nSPS) is 14.9. The molecule has 0 N–H and O–H groups in total. The van der Waals surface area contributed by atoms with Gasteiger partial charge in [0.05, 0.1) is 18.5 Å². The van der Waals surface area contributed by atoms with Gasteiger partial charge in [0.15, 0.2) is 0 Å². The molecule has 0 saturated carbocycles. The molecule has 0 atom stereocenters. The molecule has 1 aliphatic heterocycles. The van der Waals surface area contributed by atoms with Gasteiger partial charge in [-0.15, -0.1) is 0 Å². The topological polar surface area (TPSA) is 28.6 Å². The molecular weight excluding hydrogens is 353 g/mol. The molecule has 1 aliphatic rings. The highest BCUT2D eigenvalue weighted by Gasteiger charge is 2.20. The Balaban J connectivity index is 1.40. The minimum absolute atomic E-state index is 0.217. The lowest BCUT2D eigenvalue weighted by Crippen LogP contribution is -2.46. The maximum atomic E-state index is 13.2. The van der Waals surface area contributed by atoms with Gasteiger partial charge in [0.25, 0.3) is 0 Å². The Kier molecular flexibility index (Phi) is 5.53. The maximum absolute atomic E-state index is 13.2. The standard InChI is InChI=1S/C23H24FN3O/c1-28-23-5-3-2-4-22(23)27-14-12-26(13-15-27)17-21-16-19(10-11-25-21)18-6-8-20(24)9-7-18/h2-11,16H,12-15,17H2,1H3. The first-order valence-electron chi connectivity index (χ1n) is 9.54. The summed E-state index contributed by atoms with van der Waals surface area (Å²) in [6, 6.07) is 18.8. The molecule has 28 heavy (non-hydrogen) atoms. The molecule has 1 fully saturated rings. The highest BCUT2D eigenvalue weighted by Crippen LogP contribution is 2.28. The average Bonchev–Trinajstić information content (AvgIpc) is 2.75. The molecule has 0 spiro atoms. The maximum Gasteiger partial charge on any atom is 0.142 e. The molecule has 0 aliphatic carbocycles. The number of anilines is 1. The fourth-order valence-corrected chi connectivity index (χ4v) is 3.65. The van der Waals surface area contributed by atoms with E-state index in [0.717, 1.165) is 61.0 Å². The van der Waals surface area contributed by atoms with Crippen LogP contribution in [0, 0.1) is 5.82 Å². The van der Waals surface area contributed by atoms with Gasteiger partial charge in [-0.1, -0.05) is 24.3 Å². The van der Waals surface area contributed by atoms with Gasteiger partial charge in [-0.3, -0.25) is 9.88 Å². The summed E-state index contributed by atoms with van der Waals surface area (Å²) in [5.74, 6) is 0.704. The van der Waals surface area contributed by atoms with Crippen molar-refractivity contribution in [1.82, 2.24) is 9.88 Å². The molecule has 1 aromatic heterocycles. The molecule has 4 rings (SSSR count). The van der Waals surface area contributed by atoms with Crippen molar-refractivity contribution in [1.29, 1.82) is 0 Å². The van der Waals surface area contributed by atoms with E-state index in [0.29, 0.717) is 0 Å². The molecule has 0 amide bonds. The Hall–Kier alpha value is -2.92. The number of piperazine rings is 1. The Morgan fingerprint density at radius 3 is 2.43 bits per heavy atom. The molecule has 3 aromatic rings. The van der Waals surface area contributed by atoms with E-state index in [4.69, 9.17) is 4.74 Å². The zero-order valence-electron chi connectivity index (χ0n) is 16.0. The fraction of sp³-hybridized carbons (Fsp3) is 0.261. The zero-order valence-corrected chi connectivity index (χ0v) is 16.0. The highest BCUT2D eigenvalue weighted by atomic mass is 19.1. The Bertz CT molecular complexity index is 921. The molecule has 0 radical (unpaired) electrons. The van der Waals surface area contributed by atoms with E-state index in [-0.39, 0.29) is 5.82 Å². The minimum atomic E-state index is -0.217. The summed E-state index contributed by atoms with van der Waals surface area (Å²) < 4.78 is 18.7. The number of aromatic nitrogens is 1. The summed E-state index contributed by atoms with van der Waals surface area (Å²) >= 11 is 0. The number of benzene rings is 2. The number of hydrogen-bond acceptors (Lipinski definition) is 4. The second-order valence-electron chi connectivity index (χ2n) is 6.98. The summed E-state index contributed by atoms with van der Waals surface area (Å²) in [5, 5.41) is 0. The van der Waals surface area contributed by atoms with Gasteiger partial charge < -0.3 is 9.64 Å². The smallest absolute Gasteiger partial charge is 0.142 e. The highest BCUT2D eigenvalue weighted by molar-refractivity contribution is 5.63. The molecule has 144 valence electrons. The quantitative estimate of drug-likeness (QED) is 0.666. The Morgan fingerprint density at radius 2 is 1.68 bits per heavy atom. The molecule has 2 aromatic carbocycles. The van der Waals surface area contributed by atoms with Crippen LogP contribution in [0.3, 0.4) is 0 Å². The Morgan fingerprint density at radius 1 is 0.929 bits per heavy atom. The Labute approximate surface area is 165 Å². The summed E-state index contributed by atoms with van der Waals surface area (Å²) in [5.41, 5.74) is 4.26. The van der Waals surface area contributed by atoms with E-state index in [1.54, 1.807) is 19.2 Å². The van der Waals surface area contributed by atoms with Crippen LogP contribution in [0.2, 0.25) is 0 Å². The van der Waals surface area contributed by atoms with Gasteiger partial charge in [-0.25, -0.2) is 4.39 Å². The summed E-state index contributed by atoms with van der Waals surface area (Å²) in [7, 11) is 1.72. The number of halogens is 1. The lowest BCUT2D eigenvalue weighted by molar-refractivity contribution is 0.246. The predicted molar refractivity (Wildman–Crippen MR) is 110 cm³/mol. The van der Waals surface area contributed by atoms with E-state index in [1.807, 2.05) is 24.4 Å². The van der Waals surface area contributed by atoms with Crippen molar-refractivity contribution in [3.05, 3.63) is 78.4 Å². The van der Waals surface area contributed by atoms with Crippen molar-refractivity contribution in [2.24, 2.45) is 0 Å². The monoisotopic (exact) mass is 377 g/mol. The van der Waals surface area contributed by atoms with Gasteiger partial charge >= 0.3 is 0 Å². The minimum Gasteiger partial charge on any atom is -0.495 e. The summed E-state index contributed by atoms with van der Waals surface area (Å²) in [4.78, 5) is 9.32. The van der Waals surface area contributed by atoms with Crippen LogP contribution in [-0.4, -0.2) is 43.2 Å². The zero-order chi connectivity index (χ0) is 19.3. The summed E-state index contributed by atoms with van der Waals surface area (Å²) in [6.45, 7) is 4.67. The van der Waals surface area contributed by atoms with Crippen molar-refractivity contribution in [3.8, 4) is 16.9 Å². The van der Waals surface area contributed by atoms with Crippen molar-refractivity contribution >= 4 is 5.69 Å². The lowest BCUT2D eigenvalue weighted by Gasteiger charge is -2.36. The molecule has 1 saturated heterocycles. The lowest BCUT2D eigenvalue weighted by atomic mass is 10.1. The first kappa shape index (κ1) is 18.4. The van der Waals surface area contributed by atoms with E-state index in [1.165, 1.54) is 12.1 Å². The number of para-hydroxylation sites is 2. The molecule has 4 nitrogen and oxygen atoms in total. The number of methoxy groups -OCH3 is 1. The van der Waals surface area contributed by atoms with Crippen LogP contribution < -0.4 is 9.64 Å². The average molecular weight is 377 g/mol. The van der Waals surface area contributed by atoms with E-state index in [2.05, 4.69) is 33.0 Å². The molecule has 5 heteroatoms. The van der Waals surface area contributed by atoms with Crippen LogP contribution in [0.5, 0.6) is 5.75 Å². The van der Waals surface area contributed by atoms with Crippen molar-refractivity contribution < 1.29 is 9.13 Å². The SMILES string of the molecule is COc1ccccc1N1CCN(Cc2cc(-c3ccc(F)cc3)ccn2)CC1. The van der Waals surface area contributed by atoms with Crippen molar-refractivity contribution in [2.75, 3.05) is 38.2 Å². The number of nitrogens with zero attached hydrogens (tertiary/aromatic N) is 3.